The van der Waals surface area contributed by atoms with Gasteiger partial charge in [0.05, 0.1) is 24.0 Å². The molecule has 1 unspecified atom stereocenters. The molecule has 24 heavy (non-hydrogen) atoms. The van der Waals surface area contributed by atoms with Crippen LogP contribution in [0.3, 0.4) is 0 Å². The minimum absolute atomic E-state index is 0.0439. The fraction of sp³-hybridized carbons (Fsp3) is 0.550. The Morgan fingerprint density at radius 1 is 1.25 bits per heavy atom. The van der Waals surface area contributed by atoms with E-state index in [1.807, 2.05) is 37.3 Å². The molecule has 1 aliphatic rings. The molecule has 1 fully saturated rings. The normalized spacial score (nSPS) is 23.6. The molecule has 0 radical (unpaired) electrons. The van der Waals surface area contributed by atoms with Crippen molar-refractivity contribution in [3.05, 3.63) is 35.9 Å². The minimum atomic E-state index is -1.93. The zero-order valence-corrected chi connectivity index (χ0v) is 16.6. The van der Waals surface area contributed by atoms with Gasteiger partial charge in [-0.15, -0.1) is 6.42 Å². The Hall–Kier alpha value is -1.57. The first kappa shape index (κ1) is 18.8. The van der Waals surface area contributed by atoms with Gasteiger partial charge in [-0.1, -0.05) is 57.0 Å². The third-order valence-corrected chi connectivity index (χ3v) is 10.1. The second-order valence-corrected chi connectivity index (χ2v) is 13.0. The number of carbonyl (C=O) groups is 1. The van der Waals surface area contributed by atoms with Gasteiger partial charge in [-0.25, -0.2) is 0 Å². The molecule has 1 heterocycles. The molecule has 0 aliphatic carbocycles. The molecule has 1 saturated heterocycles. The molecule has 4 heteroatoms. The molecular formula is C20H29NO2Si. The first-order valence-corrected chi connectivity index (χ1v) is 11.5. The number of β-lactam (4-membered cyclic amide) rings is 1. The van der Waals surface area contributed by atoms with E-state index in [4.69, 9.17) is 10.8 Å². The van der Waals surface area contributed by atoms with Crippen LogP contribution in [0.25, 0.3) is 0 Å². The number of benzene rings is 1. The van der Waals surface area contributed by atoms with E-state index in [0.717, 1.165) is 5.56 Å². The average Bonchev–Trinajstić information content (AvgIpc) is 2.46. The third-order valence-electron chi connectivity index (χ3n) is 5.49. The van der Waals surface area contributed by atoms with Gasteiger partial charge in [-0.05, 0) is 30.6 Å². The van der Waals surface area contributed by atoms with Gasteiger partial charge in [0.1, 0.15) is 0 Å². The Bertz CT molecular complexity index is 627. The Morgan fingerprint density at radius 2 is 1.83 bits per heavy atom. The second kappa shape index (κ2) is 6.74. The molecule has 4 atom stereocenters. The zero-order chi connectivity index (χ0) is 18.1. The van der Waals surface area contributed by atoms with Gasteiger partial charge >= 0.3 is 0 Å². The van der Waals surface area contributed by atoms with Crippen molar-refractivity contribution in [2.24, 2.45) is 5.92 Å². The monoisotopic (exact) mass is 343 g/mol. The van der Waals surface area contributed by atoms with Gasteiger partial charge in [0.25, 0.3) is 0 Å². The summed E-state index contributed by atoms with van der Waals surface area (Å²) in [4.78, 5) is 12.2. The number of nitrogens with one attached hydrogen (secondary N) is 1. The molecule has 0 spiro atoms. The van der Waals surface area contributed by atoms with E-state index in [1.54, 1.807) is 0 Å². The van der Waals surface area contributed by atoms with Crippen LogP contribution in [-0.4, -0.2) is 26.4 Å². The van der Waals surface area contributed by atoms with Crippen molar-refractivity contribution in [3.8, 4) is 12.3 Å². The highest BCUT2D eigenvalue weighted by molar-refractivity contribution is 6.74. The first-order chi connectivity index (χ1) is 11.1. The maximum atomic E-state index is 12.2. The molecular weight excluding hydrogens is 314 g/mol. The fourth-order valence-corrected chi connectivity index (χ4v) is 4.42. The van der Waals surface area contributed by atoms with Crippen molar-refractivity contribution in [3.63, 3.8) is 0 Å². The van der Waals surface area contributed by atoms with Crippen LogP contribution >= 0.6 is 0 Å². The topological polar surface area (TPSA) is 38.3 Å². The van der Waals surface area contributed by atoms with E-state index < -0.39 is 8.32 Å². The van der Waals surface area contributed by atoms with Gasteiger partial charge in [0, 0.05) is 0 Å². The van der Waals surface area contributed by atoms with Crippen LogP contribution in [0.1, 0.15) is 39.2 Å². The van der Waals surface area contributed by atoms with Crippen molar-refractivity contribution in [2.45, 2.75) is 63.9 Å². The molecule has 3 nitrogen and oxygen atoms in total. The summed E-state index contributed by atoms with van der Waals surface area (Å²) in [6.07, 6.45) is 5.65. The van der Waals surface area contributed by atoms with Crippen molar-refractivity contribution < 1.29 is 9.22 Å². The van der Waals surface area contributed by atoms with Crippen molar-refractivity contribution in [1.29, 1.82) is 0 Å². The summed E-state index contributed by atoms with van der Waals surface area (Å²) >= 11 is 0. The van der Waals surface area contributed by atoms with Gasteiger partial charge in [-0.3, -0.25) is 4.79 Å². The summed E-state index contributed by atoms with van der Waals surface area (Å²) in [5, 5.41) is 3.11. The number of hydrogen-bond donors (Lipinski definition) is 1. The highest BCUT2D eigenvalue weighted by Gasteiger charge is 2.49. The van der Waals surface area contributed by atoms with Gasteiger partial charge in [-0.2, -0.15) is 0 Å². The predicted octanol–water partition coefficient (Wildman–Crippen LogP) is 3.93. The average molecular weight is 344 g/mol. The summed E-state index contributed by atoms with van der Waals surface area (Å²) < 4.78 is 6.45. The lowest BCUT2D eigenvalue weighted by Gasteiger charge is -2.47. The van der Waals surface area contributed by atoms with Crippen LogP contribution in [-0.2, 0) is 9.22 Å². The molecule has 0 aromatic heterocycles. The molecule has 1 amide bonds. The SMILES string of the molecule is C#CC(c1ccccc1)[C@H]1NC(=O)[C@@H]1[C@@H](C)O[Si](C)(C)C(C)(C)C. The summed E-state index contributed by atoms with van der Waals surface area (Å²) in [7, 11) is -1.93. The quantitative estimate of drug-likeness (QED) is 0.500. The van der Waals surface area contributed by atoms with Crippen LogP contribution in [0.4, 0.5) is 0 Å². The van der Waals surface area contributed by atoms with Gasteiger partial charge < -0.3 is 9.74 Å². The van der Waals surface area contributed by atoms with Crippen molar-refractivity contribution in [1.82, 2.24) is 5.32 Å². The van der Waals surface area contributed by atoms with Gasteiger partial charge in [0.15, 0.2) is 8.32 Å². The van der Waals surface area contributed by atoms with Gasteiger partial charge in [0.2, 0.25) is 5.91 Å². The maximum absolute atomic E-state index is 12.2. The lowest BCUT2D eigenvalue weighted by Crippen LogP contribution is -2.65. The van der Waals surface area contributed by atoms with Crippen LogP contribution < -0.4 is 5.32 Å². The van der Waals surface area contributed by atoms with E-state index >= 15 is 0 Å². The molecule has 1 aliphatic heterocycles. The Kier molecular flexibility index (Phi) is 5.27. The summed E-state index contributed by atoms with van der Waals surface area (Å²) in [5.74, 6) is 2.58. The number of rotatable bonds is 5. The Balaban J connectivity index is 2.17. The van der Waals surface area contributed by atoms with Crippen molar-refractivity contribution in [2.75, 3.05) is 0 Å². The Morgan fingerprint density at radius 3 is 2.29 bits per heavy atom. The highest BCUT2D eigenvalue weighted by Crippen LogP contribution is 2.40. The predicted molar refractivity (Wildman–Crippen MR) is 101 cm³/mol. The molecule has 130 valence electrons. The van der Waals surface area contributed by atoms with E-state index in [9.17, 15) is 4.79 Å². The van der Waals surface area contributed by atoms with E-state index in [-0.39, 0.29) is 34.9 Å². The summed E-state index contributed by atoms with van der Waals surface area (Å²) in [6, 6.07) is 9.90. The number of amides is 1. The molecule has 0 saturated carbocycles. The van der Waals surface area contributed by atoms with Crippen molar-refractivity contribution >= 4 is 14.2 Å². The smallest absolute Gasteiger partial charge is 0.228 e. The fourth-order valence-electron chi connectivity index (χ4n) is 3.00. The first-order valence-electron chi connectivity index (χ1n) is 8.58. The van der Waals surface area contributed by atoms with E-state index in [1.165, 1.54) is 0 Å². The molecule has 2 rings (SSSR count). The molecule has 1 aromatic rings. The lowest BCUT2D eigenvalue weighted by molar-refractivity contribution is -0.140. The molecule has 1 N–H and O–H groups in total. The number of carbonyl (C=O) groups excluding carboxylic acids is 1. The summed E-state index contributed by atoms with van der Waals surface area (Å²) in [6.45, 7) is 13.1. The number of hydrogen-bond acceptors (Lipinski definition) is 2. The largest absolute Gasteiger partial charge is 0.413 e. The van der Waals surface area contributed by atoms with E-state index in [2.05, 4.69) is 45.1 Å². The molecule has 0 bridgehead atoms. The molecule has 1 aromatic carbocycles. The minimum Gasteiger partial charge on any atom is -0.413 e. The van der Waals surface area contributed by atoms with Crippen LogP contribution in [0.2, 0.25) is 18.1 Å². The number of terminal acetylenes is 1. The summed E-state index contributed by atoms with van der Waals surface area (Å²) in [5.41, 5.74) is 1.06. The maximum Gasteiger partial charge on any atom is 0.228 e. The Labute approximate surface area is 147 Å². The third kappa shape index (κ3) is 3.58. The zero-order valence-electron chi connectivity index (χ0n) is 15.6. The van der Waals surface area contributed by atoms with Crippen LogP contribution in [0.15, 0.2) is 30.3 Å². The lowest BCUT2D eigenvalue weighted by atomic mass is 9.76. The van der Waals surface area contributed by atoms with Crippen LogP contribution in [0, 0.1) is 18.3 Å². The standard InChI is InChI=1S/C20H29NO2Si/c1-8-16(15-12-10-9-11-13-15)18-17(19(22)21-18)14(2)23-24(6,7)20(3,4)5/h1,9-14,16-18H,2-7H3,(H,21,22)/t14-,16?,17-,18-/m1/s1. The van der Waals surface area contributed by atoms with E-state index in [0.29, 0.717) is 0 Å². The highest BCUT2D eigenvalue weighted by atomic mass is 28.4. The van der Waals surface area contributed by atoms with Crippen LogP contribution in [0.5, 0.6) is 0 Å². The second-order valence-electron chi connectivity index (χ2n) is 8.20.